The Hall–Kier alpha value is -0.530. The first-order valence-electron chi connectivity index (χ1n) is 5.87. The summed E-state index contributed by atoms with van der Waals surface area (Å²) in [6.45, 7) is 11.0. The quantitative estimate of drug-likeness (QED) is 0.816. The van der Waals surface area contributed by atoms with E-state index in [1.165, 1.54) is 5.56 Å². The van der Waals surface area contributed by atoms with Gasteiger partial charge >= 0.3 is 0 Å². The summed E-state index contributed by atoms with van der Waals surface area (Å²) in [6, 6.07) is 7.99. The van der Waals surface area contributed by atoms with Gasteiger partial charge in [0.1, 0.15) is 0 Å². The predicted molar refractivity (Wildman–Crippen MR) is 71.8 cm³/mol. The first kappa shape index (κ1) is 13.5. The van der Waals surface area contributed by atoms with E-state index in [1.807, 2.05) is 18.2 Å². The van der Waals surface area contributed by atoms with Gasteiger partial charge < -0.3 is 5.32 Å². The second-order valence-electron chi connectivity index (χ2n) is 5.34. The Balaban J connectivity index is 2.45. The largest absolute Gasteiger partial charge is 0.312 e. The van der Waals surface area contributed by atoms with Crippen LogP contribution in [-0.4, -0.2) is 6.54 Å². The summed E-state index contributed by atoms with van der Waals surface area (Å²) in [5, 5.41) is 4.32. The third-order valence-electron chi connectivity index (χ3n) is 3.42. The molecule has 0 saturated heterocycles. The van der Waals surface area contributed by atoms with Crippen LogP contribution in [0.2, 0.25) is 5.02 Å². The van der Waals surface area contributed by atoms with Crippen LogP contribution < -0.4 is 5.32 Å². The van der Waals surface area contributed by atoms with Crippen LogP contribution in [0.1, 0.15) is 33.3 Å². The maximum atomic E-state index is 6.10. The molecule has 1 rings (SSSR count). The molecule has 0 radical (unpaired) electrons. The van der Waals surface area contributed by atoms with Crippen molar-refractivity contribution in [1.82, 2.24) is 5.32 Å². The van der Waals surface area contributed by atoms with Crippen molar-refractivity contribution in [3.05, 3.63) is 34.9 Å². The SMILES string of the molecule is CC(C)C(C)(C)CNCc1ccccc1Cl. The van der Waals surface area contributed by atoms with Crippen LogP contribution in [0.4, 0.5) is 0 Å². The van der Waals surface area contributed by atoms with Gasteiger partial charge in [0.25, 0.3) is 0 Å². The fourth-order valence-corrected chi connectivity index (χ4v) is 1.57. The molecule has 0 heterocycles. The Bertz CT molecular complexity index is 331. The highest BCUT2D eigenvalue weighted by Gasteiger charge is 2.21. The Morgan fingerprint density at radius 2 is 1.88 bits per heavy atom. The standard InChI is InChI=1S/C14H22ClN/c1-11(2)14(3,4)10-16-9-12-7-5-6-8-13(12)15/h5-8,11,16H,9-10H2,1-4H3. The lowest BCUT2D eigenvalue weighted by molar-refractivity contribution is 0.238. The molecule has 0 spiro atoms. The van der Waals surface area contributed by atoms with Gasteiger partial charge in [-0.3, -0.25) is 0 Å². The van der Waals surface area contributed by atoms with Crippen molar-refractivity contribution in [2.45, 2.75) is 34.2 Å². The molecule has 0 aliphatic heterocycles. The maximum Gasteiger partial charge on any atom is 0.0450 e. The highest BCUT2D eigenvalue weighted by Crippen LogP contribution is 2.25. The Kier molecular flexibility index (Phi) is 4.82. The molecule has 0 aromatic heterocycles. The second-order valence-corrected chi connectivity index (χ2v) is 5.75. The van der Waals surface area contributed by atoms with Crippen LogP contribution in [-0.2, 0) is 6.54 Å². The molecule has 0 saturated carbocycles. The Labute approximate surface area is 104 Å². The van der Waals surface area contributed by atoms with Crippen LogP contribution >= 0.6 is 11.6 Å². The molecule has 1 N–H and O–H groups in total. The molecule has 0 atom stereocenters. The van der Waals surface area contributed by atoms with E-state index in [1.54, 1.807) is 0 Å². The molecule has 0 bridgehead atoms. The topological polar surface area (TPSA) is 12.0 Å². The van der Waals surface area contributed by atoms with Crippen molar-refractivity contribution in [2.75, 3.05) is 6.54 Å². The Morgan fingerprint density at radius 1 is 1.25 bits per heavy atom. The fraction of sp³-hybridized carbons (Fsp3) is 0.571. The molecular formula is C14H22ClN. The average molecular weight is 240 g/mol. The molecule has 16 heavy (non-hydrogen) atoms. The minimum absolute atomic E-state index is 0.321. The van der Waals surface area contributed by atoms with E-state index in [0.717, 1.165) is 18.1 Å². The van der Waals surface area contributed by atoms with E-state index in [4.69, 9.17) is 11.6 Å². The molecule has 0 aliphatic carbocycles. The average Bonchev–Trinajstić information content (AvgIpc) is 2.20. The monoisotopic (exact) mass is 239 g/mol. The highest BCUT2D eigenvalue weighted by atomic mass is 35.5. The molecule has 1 aromatic rings. The third-order valence-corrected chi connectivity index (χ3v) is 3.79. The third kappa shape index (κ3) is 3.80. The summed E-state index contributed by atoms with van der Waals surface area (Å²) in [7, 11) is 0. The molecule has 90 valence electrons. The van der Waals surface area contributed by atoms with Gasteiger partial charge in [0.05, 0.1) is 0 Å². The van der Waals surface area contributed by atoms with Gasteiger partial charge in [0.2, 0.25) is 0 Å². The first-order valence-corrected chi connectivity index (χ1v) is 6.25. The van der Waals surface area contributed by atoms with Crippen molar-refractivity contribution in [3.8, 4) is 0 Å². The zero-order chi connectivity index (χ0) is 12.2. The van der Waals surface area contributed by atoms with E-state index < -0.39 is 0 Å². The molecule has 0 aliphatic rings. The second kappa shape index (κ2) is 5.70. The normalized spacial score (nSPS) is 12.1. The summed E-state index contributed by atoms with van der Waals surface area (Å²) >= 11 is 6.10. The highest BCUT2D eigenvalue weighted by molar-refractivity contribution is 6.31. The molecule has 1 aromatic carbocycles. The van der Waals surface area contributed by atoms with Crippen LogP contribution in [0, 0.1) is 11.3 Å². The van der Waals surface area contributed by atoms with Gasteiger partial charge in [-0.05, 0) is 23.0 Å². The van der Waals surface area contributed by atoms with Crippen molar-refractivity contribution >= 4 is 11.6 Å². The lowest BCUT2D eigenvalue weighted by atomic mass is 9.81. The van der Waals surface area contributed by atoms with Gasteiger partial charge in [-0.2, -0.15) is 0 Å². The lowest BCUT2D eigenvalue weighted by Crippen LogP contribution is -2.33. The molecule has 0 unspecified atom stereocenters. The zero-order valence-corrected chi connectivity index (χ0v) is 11.4. The van der Waals surface area contributed by atoms with E-state index >= 15 is 0 Å². The number of rotatable bonds is 5. The van der Waals surface area contributed by atoms with Crippen LogP contribution in [0.3, 0.4) is 0 Å². The van der Waals surface area contributed by atoms with Gasteiger partial charge in [-0.15, -0.1) is 0 Å². The summed E-state index contributed by atoms with van der Waals surface area (Å²) in [5.74, 6) is 0.672. The van der Waals surface area contributed by atoms with E-state index in [2.05, 4.69) is 39.1 Å². The number of benzene rings is 1. The summed E-state index contributed by atoms with van der Waals surface area (Å²) in [6.07, 6.45) is 0. The van der Waals surface area contributed by atoms with Gasteiger partial charge in [0.15, 0.2) is 0 Å². The van der Waals surface area contributed by atoms with E-state index in [-0.39, 0.29) is 0 Å². The summed E-state index contributed by atoms with van der Waals surface area (Å²) in [5.41, 5.74) is 1.49. The number of hydrogen-bond donors (Lipinski definition) is 1. The van der Waals surface area contributed by atoms with Crippen molar-refractivity contribution in [1.29, 1.82) is 0 Å². The molecule has 2 heteroatoms. The minimum Gasteiger partial charge on any atom is -0.312 e. The zero-order valence-electron chi connectivity index (χ0n) is 10.7. The summed E-state index contributed by atoms with van der Waals surface area (Å²) < 4.78 is 0. The first-order chi connectivity index (χ1) is 7.43. The van der Waals surface area contributed by atoms with Gasteiger partial charge in [-0.1, -0.05) is 57.5 Å². The molecule has 0 amide bonds. The minimum atomic E-state index is 0.321. The number of nitrogens with one attached hydrogen (secondary N) is 1. The van der Waals surface area contributed by atoms with Crippen molar-refractivity contribution in [3.63, 3.8) is 0 Å². The van der Waals surface area contributed by atoms with E-state index in [9.17, 15) is 0 Å². The van der Waals surface area contributed by atoms with Crippen molar-refractivity contribution < 1.29 is 0 Å². The van der Waals surface area contributed by atoms with E-state index in [0.29, 0.717) is 11.3 Å². The molecular weight excluding hydrogens is 218 g/mol. The summed E-state index contributed by atoms with van der Waals surface area (Å²) in [4.78, 5) is 0. The van der Waals surface area contributed by atoms with Crippen LogP contribution in [0.25, 0.3) is 0 Å². The fourth-order valence-electron chi connectivity index (χ4n) is 1.37. The lowest BCUT2D eigenvalue weighted by Gasteiger charge is -2.29. The maximum absolute atomic E-state index is 6.10. The van der Waals surface area contributed by atoms with Gasteiger partial charge in [-0.25, -0.2) is 0 Å². The predicted octanol–water partition coefficient (Wildman–Crippen LogP) is 4.11. The van der Waals surface area contributed by atoms with Crippen molar-refractivity contribution in [2.24, 2.45) is 11.3 Å². The van der Waals surface area contributed by atoms with Gasteiger partial charge in [0, 0.05) is 18.1 Å². The van der Waals surface area contributed by atoms with Crippen LogP contribution in [0.15, 0.2) is 24.3 Å². The van der Waals surface area contributed by atoms with Crippen LogP contribution in [0.5, 0.6) is 0 Å². The molecule has 0 fully saturated rings. The smallest absolute Gasteiger partial charge is 0.0450 e. The number of halogens is 1. The molecule has 1 nitrogen and oxygen atoms in total. The Morgan fingerprint density at radius 3 is 2.44 bits per heavy atom. The number of hydrogen-bond acceptors (Lipinski definition) is 1.